The van der Waals surface area contributed by atoms with Gasteiger partial charge in [-0.1, -0.05) is 98.4 Å². The maximum Gasteiger partial charge on any atom is 0.129 e. The summed E-state index contributed by atoms with van der Waals surface area (Å²) in [5.74, 6) is 3.35. The highest BCUT2D eigenvalue weighted by Gasteiger charge is 2.09. The Balaban J connectivity index is 1.99. The summed E-state index contributed by atoms with van der Waals surface area (Å²) in [6.45, 7) is 6.75. The average molecular weight is 354 g/mol. The normalized spacial score (nSPS) is 11.6. The summed E-state index contributed by atoms with van der Waals surface area (Å²) in [5.41, 5.74) is 8.68. The van der Waals surface area contributed by atoms with E-state index in [4.69, 9.17) is 4.99 Å². The van der Waals surface area contributed by atoms with Gasteiger partial charge >= 0.3 is 0 Å². The van der Waals surface area contributed by atoms with Crippen LogP contribution in [-0.4, -0.2) is 13.8 Å². The Morgan fingerprint density at radius 1 is 0.692 bits per heavy atom. The summed E-state index contributed by atoms with van der Waals surface area (Å²) in [4.78, 5) is 4.80. The van der Waals surface area contributed by atoms with E-state index in [1.165, 1.54) is 11.1 Å². The Morgan fingerprint density at radius 2 is 1.23 bits per heavy atom. The van der Waals surface area contributed by atoms with Gasteiger partial charge in [0.2, 0.25) is 0 Å². The van der Waals surface area contributed by atoms with Gasteiger partial charge in [-0.05, 0) is 23.3 Å². The molecule has 0 aliphatic carbocycles. The van der Waals surface area contributed by atoms with Crippen molar-refractivity contribution < 1.29 is 0 Å². The van der Waals surface area contributed by atoms with Crippen LogP contribution in [0.5, 0.6) is 0 Å². The summed E-state index contributed by atoms with van der Waals surface area (Å²) in [6, 6.07) is 28.9. The SMILES string of the molecule is C[Si](C)(C)C#CC(=Nc1ccccc1)c1ccc(-c2ccccc2)cc1. The van der Waals surface area contributed by atoms with E-state index in [-0.39, 0.29) is 0 Å². The largest absolute Gasteiger partial charge is 0.239 e. The number of hydrogen-bond donors (Lipinski definition) is 0. The minimum Gasteiger partial charge on any atom is -0.239 e. The van der Waals surface area contributed by atoms with E-state index >= 15 is 0 Å². The number of nitrogens with zero attached hydrogens (tertiary/aromatic N) is 1. The molecule has 0 N–H and O–H groups in total. The third-order valence-corrected chi connectivity index (χ3v) is 4.69. The highest BCUT2D eigenvalue weighted by Crippen LogP contribution is 2.20. The third kappa shape index (κ3) is 5.05. The van der Waals surface area contributed by atoms with Crippen molar-refractivity contribution in [2.45, 2.75) is 19.6 Å². The second kappa shape index (κ2) is 7.99. The van der Waals surface area contributed by atoms with Crippen LogP contribution in [0.1, 0.15) is 5.56 Å². The molecular formula is C24H23NSi. The predicted molar refractivity (Wildman–Crippen MR) is 116 cm³/mol. The van der Waals surface area contributed by atoms with Crippen molar-refractivity contribution in [3.05, 3.63) is 90.5 Å². The molecule has 0 aliphatic heterocycles. The minimum absolute atomic E-state index is 0.832. The molecule has 0 unspecified atom stereocenters. The topological polar surface area (TPSA) is 12.4 Å². The molecule has 3 aromatic rings. The van der Waals surface area contributed by atoms with Crippen molar-refractivity contribution in [2.24, 2.45) is 4.99 Å². The van der Waals surface area contributed by atoms with Crippen LogP contribution in [0.2, 0.25) is 19.6 Å². The molecule has 0 fully saturated rings. The molecule has 0 spiro atoms. The van der Waals surface area contributed by atoms with Gasteiger partial charge in [-0.25, -0.2) is 4.99 Å². The van der Waals surface area contributed by atoms with Gasteiger partial charge < -0.3 is 0 Å². The number of rotatable bonds is 3. The van der Waals surface area contributed by atoms with E-state index in [0.29, 0.717) is 0 Å². The maximum absolute atomic E-state index is 4.80. The zero-order chi connectivity index (χ0) is 18.4. The Hall–Kier alpha value is -2.89. The molecular weight excluding hydrogens is 330 g/mol. The minimum atomic E-state index is -1.48. The van der Waals surface area contributed by atoms with Crippen molar-refractivity contribution in [1.29, 1.82) is 0 Å². The summed E-state index contributed by atoms with van der Waals surface area (Å²) in [5, 5.41) is 0. The molecule has 3 aromatic carbocycles. The zero-order valence-corrected chi connectivity index (χ0v) is 16.5. The van der Waals surface area contributed by atoms with E-state index in [9.17, 15) is 0 Å². The van der Waals surface area contributed by atoms with Crippen LogP contribution in [0.3, 0.4) is 0 Å². The Morgan fingerprint density at radius 3 is 1.81 bits per heavy atom. The van der Waals surface area contributed by atoms with Crippen LogP contribution < -0.4 is 0 Å². The molecule has 26 heavy (non-hydrogen) atoms. The summed E-state index contributed by atoms with van der Waals surface area (Å²) in [6.07, 6.45) is 0. The Kier molecular flexibility index (Phi) is 5.51. The molecule has 0 saturated carbocycles. The van der Waals surface area contributed by atoms with Crippen LogP contribution in [0, 0.1) is 11.5 Å². The van der Waals surface area contributed by atoms with Gasteiger partial charge in [0.25, 0.3) is 0 Å². The second-order valence-corrected chi connectivity index (χ2v) is 12.0. The third-order valence-electron chi connectivity index (χ3n) is 3.82. The molecule has 0 heterocycles. The van der Waals surface area contributed by atoms with E-state index < -0.39 is 8.07 Å². The first-order chi connectivity index (χ1) is 12.5. The van der Waals surface area contributed by atoms with Gasteiger partial charge in [-0.15, -0.1) is 5.54 Å². The van der Waals surface area contributed by atoms with E-state index in [0.717, 1.165) is 17.0 Å². The predicted octanol–water partition coefficient (Wildman–Crippen LogP) is 6.36. The number of benzene rings is 3. The second-order valence-electron chi connectivity index (χ2n) is 7.24. The smallest absolute Gasteiger partial charge is 0.129 e. The first kappa shape index (κ1) is 17.9. The van der Waals surface area contributed by atoms with E-state index in [1.807, 2.05) is 36.4 Å². The lowest BCUT2D eigenvalue weighted by molar-refractivity contribution is 1.50. The summed E-state index contributed by atoms with van der Waals surface area (Å²) in [7, 11) is -1.48. The maximum atomic E-state index is 4.80. The fourth-order valence-electron chi connectivity index (χ4n) is 2.49. The van der Waals surface area contributed by atoms with Crippen LogP contribution in [0.15, 0.2) is 89.9 Å². The average Bonchev–Trinajstić information content (AvgIpc) is 2.66. The lowest BCUT2D eigenvalue weighted by Gasteiger charge is -2.07. The molecule has 0 aliphatic rings. The quantitative estimate of drug-likeness (QED) is 0.295. The standard InChI is InChI=1S/C24H23NSi/c1-26(2,3)19-18-24(25-23-12-8-5-9-13-23)22-16-14-21(15-17-22)20-10-6-4-7-11-20/h4-17H,1-3H3. The molecule has 0 radical (unpaired) electrons. The molecule has 0 atom stereocenters. The number of para-hydroxylation sites is 1. The monoisotopic (exact) mass is 353 g/mol. The molecule has 0 aromatic heterocycles. The molecule has 0 amide bonds. The van der Waals surface area contributed by atoms with Crippen molar-refractivity contribution in [3.63, 3.8) is 0 Å². The van der Waals surface area contributed by atoms with Gasteiger partial charge in [0.15, 0.2) is 0 Å². The van der Waals surface area contributed by atoms with Crippen molar-refractivity contribution in [2.75, 3.05) is 0 Å². The van der Waals surface area contributed by atoms with E-state index in [1.54, 1.807) is 0 Å². The first-order valence-corrected chi connectivity index (χ1v) is 12.3. The molecule has 3 rings (SSSR count). The van der Waals surface area contributed by atoms with Gasteiger partial charge in [0.05, 0.1) is 5.69 Å². The Bertz CT molecular complexity index is 938. The van der Waals surface area contributed by atoms with Crippen LogP contribution in [0.25, 0.3) is 11.1 Å². The highest BCUT2D eigenvalue weighted by molar-refractivity contribution is 6.84. The van der Waals surface area contributed by atoms with Crippen LogP contribution in [0.4, 0.5) is 5.69 Å². The highest BCUT2D eigenvalue weighted by atomic mass is 28.3. The lowest BCUT2D eigenvalue weighted by atomic mass is 10.0. The van der Waals surface area contributed by atoms with Crippen molar-refractivity contribution in [1.82, 2.24) is 0 Å². The van der Waals surface area contributed by atoms with Gasteiger partial charge in [0.1, 0.15) is 13.8 Å². The van der Waals surface area contributed by atoms with Gasteiger partial charge in [-0.2, -0.15) is 0 Å². The fourth-order valence-corrected chi connectivity index (χ4v) is 2.99. The molecule has 0 saturated heterocycles. The summed E-state index contributed by atoms with van der Waals surface area (Å²) < 4.78 is 0. The van der Waals surface area contributed by atoms with Gasteiger partial charge in [0, 0.05) is 5.56 Å². The zero-order valence-electron chi connectivity index (χ0n) is 15.5. The number of hydrogen-bond acceptors (Lipinski definition) is 1. The molecule has 0 bridgehead atoms. The van der Waals surface area contributed by atoms with Crippen LogP contribution in [-0.2, 0) is 0 Å². The lowest BCUT2D eigenvalue weighted by Crippen LogP contribution is -2.17. The molecule has 2 heteroatoms. The first-order valence-electron chi connectivity index (χ1n) is 8.84. The van der Waals surface area contributed by atoms with Crippen molar-refractivity contribution >= 4 is 19.5 Å². The number of aliphatic imine (C=N–C) groups is 1. The summed E-state index contributed by atoms with van der Waals surface area (Å²) >= 11 is 0. The molecule has 1 nitrogen and oxygen atoms in total. The van der Waals surface area contributed by atoms with Crippen LogP contribution >= 0.6 is 0 Å². The Labute approximate surface area is 157 Å². The van der Waals surface area contributed by atoms with E-state index in [2.05, 4.69) is 79.6 Å². The van der Waals surface area contributed by atoms with Gasteiger partial charge in [-0.3, -0.25) is 0 Å². The molecule has 128 valence electrons. The fraction of sp³-hybridized carbons (Fsp3) is 0.125. The van der Waals surface area contributed by atoms with Crippen molar-refractivity contribution in [3.8, 4) is 22.6 Å².